The highest BCUT2D eigenvalue weighted by Gasteiger charge is 2.47. The molecule has 2 aromatic carbocycles. The first kappa shape index (κ1) is 30.8. The summed E-state index contributed by atoms with van der Waals surface area (Å²) in [6.45, 7) is 7.71. The number of hydrogen-bond donors (Lipinski definition) is 0. The first-order valence-electron chi connectivity index (χ1n) is 13.8. The molecule has 224 valence electrons. The van der Waals surface area contributed by atoms with Crippen LogP contribution in [0.15, 0.2) is 71.1 Å². The third-order valence-electron chi connectivity index (χ3n) is 7.46. The second kappa shape index (κ2) is 12.4. The highest BCUT2D eigenvalue weighted by molar-refractivity contribution is 6.23. The molecule has 0 spiro atoms. The Labute approximate surface area is 247 Å². The molecule has 4 rings (SSSR count). The van der Waals surface area contributed by atoms with Crippen molar-refractivity contribution < 1.29 is 38.4 Å². The molecular weight excluding hydrogens is 558 g/mol. The minimum absolute atomic E-state index is 0.0325. The van der Waals surface area contributed by atoms with Crippen molar-refractivity contribution in [3.05, 3.63) is 97.9 Å². The maximum absolute atomic E-state index is 14.3. The molecule has 0 aromatic heterocycles. The third kappa shape index (κ3) is 5.31. The Morgan fingerprint density at radius 1 is 0.860 bits per heavy atom. The van der Waals surface area contributed by atoms with Crippen LogP contribution in [-0.4, -0.2) is 63.6 Å². The lowest BCUT2D eigenvalue weighted by Crippen LogP contribution is -2.51. The number of ether oxygens (including phenoxy) is 2. The second-order valence-corrected chi connectivity index (χ2v) is 9.85. The lowest BCUT2D eigenvalue weighted by atomic mass is 9.79. The minimum Gasteiger partial charge on any atom is -0.463 e. The van der Waals surface area contributed by atoms with Crippen molar-refractivity contribution in [1.82, 2.24) is 9.80 Å². The zero-order valence-corrected chi connectivity index (χ0v) is 24.4. The van der Waals surface area contributed by atoms with Crippen LogP contribution in [-0.2, 0) is 23.9 Å². The summed E-state index contributed by atoms with van der Waals surface area (Å²) in [7, 11) is 0. The number of hydrogen-bond acceptors (Lipinski definition) is 9. The molecule has 2 heterocycles. The van der Waals surface area contributed by atoms with E-state index in [0.717, 1.165) is 9.80 Å². The van der Waals surface area contributed by atoms with E-state index in [1.165, 1.54) is 50.2 Å². The summed E-state index contributed by atoms with van der Waals surface area (Å²) in [5.74, 6) is -4.87. The number of benzene rings is 2. The van der Waals surface area contributed by atoms with Crippen LogP contribution < -0.4 is 0 Å². The van der Waals surface area contributed by atoms with Crippen molar-refractivity contribution in [3.8, 4) is 0 Å². The second-order valence-electron chi connectivity index (χ2n) is 9.85. The van der Waals surface area contributed by atoms with Gasteiger partial charge in [0.15, 0.2) is 0 Å². The number of nitro groups is 1. The van der Waals surface area contributed by atoms with Gasteiger partial charge < -0.3 is 9.47 Å². The average molecular weight is 590 g/mol. The summed E-state index contributed by atoms with van der Waals surface area (Å²) >= 11 is 0. The molecule has 2 aromatic rings. The molecule has 0 fully saturated rings. The normalized spacial score (nSPS) is 15.9. The average Bonchev–Trinajstić information content (AvgIpc) is 3.23. The van der Waals surface area contributed by atoms with E-state index in [0.29, 0.717) is 0 Å². The molecular formula is C31H31N3O9. The van der Waals surface area contributed by atoms with Crippen molar-refractivity contribution in [1.29, 1.82) is 0 Å². The lowest BCUT2D eigenvalue weighted by molar-refractivity contribution is -0.384. The molecule has 0 N–H and O–H groups in total. The number of nitro benzene ring substituents is 1. The van der Waals surface area contributed by atoms with Gasteiger partial charge in [-0.05, 0) is 51.8 Å². The number of imide groups is 1. The van der Waals surface area contributed by atoms with Gasteiger partial charge in [-0.3, -0.25) is 34.3 Å². The van der Waals surface area contributed by atoms with Gasteiger partial charge in [0.25, 0.3) is 23.4 Å². The number of carbonyl (C=O) groups is 5. The summed E-state index contributed by atoms with van der Waals surface area (Å²) in [6.07, 6.45) is 0.0408. The number of non-ortho nitro benzene ring substituents is 1. The molecule has 1 atom stereocenters. The Balaban J connectivity index is 1.93. The van der Waals surface area contributed by atoms with Gasteiger partial charge in [0.1, 0.15) is 6.04 Å². The summed E-state index contributed by atoms with van der Waals surface area (Å²) in [6, 6.07) is 10.4. The third-order valence-corrected chi connectivity index (χ3v) is 7.46. The maximum atomic E-state index is 14.3. The number of fused-ring (bicyclic) bond motifs is 1. The van der Waals surface area contributed by atoms with Crippen molar-refractivity contribution >= 4 is 35.3 Å². The Bertz CT molecular complexity index is 1530. The Morgan fingerprint density at radius 2 is 1.37 bits per heavy atom. The molecule has 0 saturated heterocycles. The fraction of sp³-hybridized carbons (Fsp3) is 0.323. The van der Waals surface area contributed by atoms with E-state index in [4.69, 9.17) is 9.47 Å². The van der Waals surface area contributed by atoms with Crippen LogP contribution in [0, 0.1) is 10.1 Å². The fourth-order valence-corrected chi connectivity index (χ4v) is 5.59. The number of carbonyl (C=O) groups excluding carboxylic acids is 5. The molecule has 0 aliphatic carbocycles. The Morgan fingerprint density at radius 3 is 1.81 bits per heavy atom. The molecule has 0 radical (unpaired) electrons. The van der Waals surface area contributed by atoms with Gasteiger partial charge in [-0.1, -0.05) is 31.2 Å². The van der Waals surface area contributed by atoms with E-state index < -0.39 is 46.5 Å². The van der Waals surface area contributed by atoms with Crippen LogP contribution >= 0.6 is 0 Å². The monoisotopic (exact) mass is 589 g/mol. The zero-order valence-electron chi connectivity index (χ0n) is 24.4. The van der Waals surface area contributed by atoms with E-state index in [1.54, 1.807) is 32.9 Å². The first-order valence-corrected chi connectivity index (χ1v) is 13.8. The molecule has 2 aliphatic heterocycles. The standard InChI is InChI=1S/C31H31N3O9/c1-6-23(33-27(35)21-14-9-10-15-22(21)28(33)36)29(37)32-17(4)24(30(38)42-7-2)26(25(18(32)5)31(39)43-8-3)19-12-11-13-20(16-19)34(40)41/h9-16,23,26H,6-8H2,1-5H3. The quantitative estimate of drug-likeness (QED) is 0.181. The van der Waals surface area contributed by atoms with Gasteiger partial charge >= 0.3 is 11.9 Å². The van der Waals surface area contributed by atoms with Crippen LogP contribution in [0.25, 0.3) is 0 Å². The van der Waals surface area contributed by atoms with Crippen molar-refractivity contribution in [2.24, 2.45) is 0 Å². The van der Waals surface area contributed by atoms with E-state index in [-0.39, 0.29) is 64.6 Å². The van der Waals surface area contributed by atoms with Crippen molar-refractivity contribution in [2.45, 2.75) is 53.0 Å². The van der Waals surface area contributed by atoms with E-state index in [2.05, 4.69) is 0 Å². The van der Waals surface area contributed by atoms with Crippen LogP contribution in [0.5, 0.6) is 0 Å². The largest absolute Gasteiger partial charge is 0.463 e. The summed E-state index contributed by atoms with van der Waals surface area (Å²) in [5.41, 5.74) is 0.251. The fourth-order valence-electron chi connectivity index (χ4n) is 5.59. The highest BCUT2D eigenvalue weighted by Crippen LogP contribution is 2.44. The number of amides is 3. The SMILES string of the molecule is CCOC(=O)C1=C(C)N(C(=O)C(CC)N2C(=O)c3ccccc3C2=O)C(C)=C(C(=O)OCC)C1c1cccc([N+](=O)[O-])c1. The number of allylic oxidation sites excluding steroid dienone is 2. The van der Waals surface area contributed by atoms with Crippen molar-refractivity contribution in [3.63, 3.8) is 0 Å². The van der Waals surface area contributed by atoms with Gasteiger partial charge in [-0.15, -0.1) is 0 Å². The zero-order chi connectivity index (χ0) is 31.6. The molecule has 1 unspecified atom stereocenters. The van der Waals surface area contributed by atoms with Crippen LogP contribution in [0.3, 0.4) is 0 Å². The predicted octanol–water partition coefficient (Wildman–Crippen LogP) is 4.27. The summed E-state index contributed by atoms with van der Waals surface area (Å²) in [4.78, 5) is 81.0. The molecule has 0 bridgehead atoms. The molecule has 0 saturated carbocycles. The number of esters is 2. The lowest BCUT2D eigenvalue weighted by Gasteiger charge is -2.39. The molecule has 12 nitrogen and oxygen atoms in total. The van der Waals surface area contributed by atoms with Gasteiger partial charge in [0, 0.05) is 23.5 Å². The van der Waals surface area contributed by atoms with E-state index in [9.17, 15) is 34.1 Å². The first-order chi connectivity index (χ1) is 20.5. The van der Waals surface area contributed by atoms with Gasteiger partial charge in [0.05, 0.1) is 46.3 Å². The van der Waals surface area contributed by atoms with E-state index in [1.807, 2.05) is 0 Å². The molecule has 12 heteroatoms. The summed E-state index contributed by atoms with van der Waals surface area (Å²) < 4.78 is 10.7. The molecule has 2 aliphatic rings. The Kier molecular flexibility index (Phi) is 8.88. The highest BCUT2D eigenvalue weighted by atomic mass is 16.6. The van der Waals surface area contributed by atoms with Crippen LogP contribution in [0.2, 0.25) is 0 Å². The number of nitrogens with zero attached hydrogens (tertiary/aromatic N) is 3. The van der Waals surface area contributed by atoms with Crippen LogP contribution in [0.4, 0.5) is 5.69 Å². The van der Waals surface area contributed by atoms with Crippen molar-refractivity contribution in [2.75, 3.05) is 13.2 Å². The van der Waals surface area contributed by atoms with Gasteiger partial charge in [0.2, 0.25) is 0 Å². The molecule has 3 amide bonds. The molecule has 43 heavy (non-hydrogen) atoms. The van der Waals surface area contributed by atoms with Crippen LogP contribution in [0.1, 0.15) is 73.2 Å². The van der Waals surface area contributed by atoms with Gasteiger partial charge in [-0.2, -0.15) is 0 Å². The smallest absolute Gasteiger partial charge is 0.336 e. The maximum Gasteiger partial charge on any atom is 0.336 e. The van der Waals surface area contributed by atoms with E-state index >= 15 is 0 Å². The predicted molar refractivity (Wildman–Crippen MR) is 152 cm³/mol. The minimum atomic E-state index is -1.28. The van der Waals surface area contributed by atoms with Gasteiger partial charge in [-0.25, -0.2) is 9.59 Å². The topological polar surface area (TPSA) is 153 Å². The Hall–Kier alpha value is -5.13. The summed E-state index contributed by atoms with van der Waals surface area (Å²) in [5, 5.41) is 11.6. The number of rotatable bonds is 9.